The van der Waals surface area contributed by atoms with Gasteiger partial charge in [-0.2, -0.15) is 69.5 Å². The molecule has 0 aliphatic carbocycles. The molecule has 4 rings (SSSR count). The summed E-state index contributed by atoms with van der Waals surface area (Å²) < 4.78 is 229. The average molecular weight is 950 g/mol. The quantitative estimate of drug-likeness (QED) is 0.0748. The van der Waals surface area contributed by atoms with Crippen LogP contribution in [0.5, 0.6) is 5.75 Å². The molecule has 0 aromatic heterocycles. The summed E-state index contributed by atoms with van der Waals surface area (Å²) in [6, 6.07) is 12.2. The minimum absolute atomic E-state index is 0.0880. The van der Waals surface area contributed by atoms with Gasteiger partial charge < -0.3 is 4.74 Å². The molecule has 0 radical (unpaired) electrons. The molecule has 4 aromatic carbocycles. The largest absolute Gasteiger partial charge is 0.494 e. The Morgan fingerprint density at radius 1 is 0.600 bits per heavy atom. The molecule has 0 N–H and O–H groups in total. The highest BCUT2D eigenvalue weighted by Crippen LogP contribution is 2.56. The molecule has 60 heavy (non-hydrogen) atoms. The lowest BCUT2D eigenvalue weighted by atomic mass is 9.91. The molecular formula is C37H30Cl2F12O7S2. The van der Waals surface area contributed by atoms with Gasteiger partial charge in [0.1, 0.15) is 5.75 Å². The van der Waals surface area contributed by atoms with E-state index in [1.54, 1.807) is 0 Å². The Hall–Kier alpha value is -4.02. The molecule has 0 atom stereocenters. The van der Waals surface area contributed by atoms with Crippen molar-refractivity contribution in [2.24, 2.45) is 0 Å². The maximum Gasteiger partial charge on any atom is 0.432 e. The summed E-state index contributed by atoms with van der Waals surface area (Å²) in [4.78, 5) is -1.95. The maximum atomic E-state index is 13.9. The third kappa shape index (κ3) is 11.1. The number of unbranched alkanes of at least 4 members (excludes halogenated alkanes) is 1. The SMILES string of the molecule is C=Cc1cccc(C(OS(=O)(=O)c2ccc(OCCCC)cc2)(C(F)(F)F)C(F)(F)F)c1.Cc1ccc(C(OS(=O)(=O)c2cc(Cl)cc(Cl)c2)(C(F)(F)F)C(F)(F)F)cc1. The fourth-order valence-corrected chi connectivity index (χ4v) is 8.16. The molecule has 0 aliphatic rings. The fraction of sp³-hybridized carbons (Fsp3) is 0.297. The predicted octanol–water partition coefficient (Wildman–Crippen LogP) is 12.3. The van der Waals surface area contributed by atoms with Crippen LogP contribution in [0.4, 0.5) is 52.7 Å². The van der Waals surface area contributed by atoms with Crippen LogP contribution in [0.2, 0.25) is 10.0 Å². The summed E-state index contributed by atoms with van der Waals surface area (Å²) in [5.41, 5.74) is -12.9. The third-order valence-electron chi connectivity index (χ3n) is 8.06. The first-order chi connectivity index (χ1) is 27.4. The molecule has 0 saturated carbocycles. The van der Waals surface area contributed by atoms with Crippen molar-refractivity contribution in [1.29, 1.82) is 0 Å². The lowest BCUT2D eigenvalue weighted by molar-refractivity contribution is -0.365. The maximum absolute atomic E-state index is 13.9. The number of halogens is 14. The normalized spacial score (nSPS) is 13.3. The van der Waals surface area contributed by atoms with Crippen LogP contribution < -0.4 is 4.74 Å². The van der Waals surface area contributed by atoms with Crippen LogP contribution in [0.25, 0.3) is 6.08 Å². The molecule has 0 saturated heterocycles. The topological polar surface area (TPSA) is 96.0 Å². The van der Waals surface area contributed by atoms with Gasteiger partial charge in [-0.15, -0.1) is 0 Å². The van der Waals surface area contributed by atoms with Crippen molar-refractivity contribution in [1.82, 2.24) is 0 Å². The Morgan fingerprint density at radius 2 is 1.05 bits per heavy atom. The molecular weight excluding hydrogens is 919 g/mol. The smallest absolute Gasteiger partial charge is 0.432 e. The van der Waals surface area contributed by atoms with Crippen LogP contribution in [0.1, 0.15) is 42.0 Å². The van der Waals surface area contributed by atoms with Crippen molar-refractivity contribution < 1.29 is 82.6 Å². The van der Waals surface area contributed by atoms with E-state index in [4.69, 9.17) is 27.9 Å². The number of hydrogen-bond donors (Lipinski definition) is 0. The predicted molar refractivity (Wildman–Crippen MR) is 195 cm³/mol. The van der Waals surface area contributed by atoms with E-state index >= 15 is 0 Å². The van der Waals surface area contributed by atoms with Crippen LogP contribution in [-0.2, 0) is 39.8 Å². The van der Waals surface area contributed by atoms with Gasteiger partial charge in [0.25, 0.3) is 20.2 Å². The standard InChI is InChI=1S/C21H20F6O4S.C16H10Cl2F6O3S/c1-3-5-13-30-17-9-11-18(12-10-17)32(28,29)31-19(20(22,23)24,21(25,26)27)16-8-6-7-15(4-2)14-16;1-9-2-4-10(5-3-9)14(15(19,20)21,16(22,23)24)27-28(25,26)13-7-11(17)6-12(18)8-13/h4,6-12,14H,2-3,5,13H2,1H3;2-8H,1H3. The van der Waals surface area contributed by atoms with E-state index in [9.17, 15) is 69.5 Å². The van der Waals surface area contributed by atoms with Gasteiger partial charge in [-0.05, 0) is 67.4 Å². The van der Waals surface area contributed by atoms with E-state index < -0.39 is 77.1 Å². The highest BCUT2D eigenvalue weighted by Gasteiger charge is 2.76. The van der Waals surface area contributed by atoms with Crippen molar-refractivity contribution in [3.05, 3.63) is 130 Å². The Morgan fingerprint density at radius 3 is 1.48 bits per heavy atom. The zero-order valence-corrected chi connectivity index (χ0v) is 33.7. The minimum Gasteiger partial charge on any atom is -0.494 e. The summed E-state index contributed by atoms with van der Waals surface area (Å²) in [6.07, 6.45) is -22.1. The Kier molecular flexibility index (Phi) is 15.5. The van der Waals surface area contributed by atoms with E-state index in [1.807, 2.05) is 6.92 Å². The molecule has 4 aromatic rings. The lowest BCUT2D eigenvalue weighted by Gasteiger charge is -2.36. The first-order valence-corrected chi connectivity index (χ1v) is 20.1. The average Bonchev–Trinajstić information content (AvgIpc) is 3.11. The van der Waals surface area contributed by atoms with Crippen molar-refractivity contribution >= 4 is 49.5 Å². The van der Waals surface area contributed by atoms with Crippen LogP contribution in [0.3, 0.4) is 0 Å². The Balaban J connectivity index is 0.000000323. The van der Waals surface area contributed by atoms with Crippen molar-refractivity contribution in [2.75, 3.05) is 6.61 Å². The van der Waals surface area contributed by atoms with Crippen LogP contribution in [-0.4, -0.2) is 48.1 Å². The number of rotatable bonds is 13. The van der Waals surface area contributed by atoms with E-state index in [1.165, 1.54) is 13.0 Å². The third-order valence-corrected chi connectivity index (χ3v) is 11.1. The zero-order chi connectivity index (χ0) is 45.8. The number of hydrogen-bond acceptors (Lipinski definition) is 7. The highest BCUT2D eigenvalue weighted by atomic mass is 35.5. The zero-order valence-electron chi connectivity index (χ0n) is 30.5. The summed E-state index contributed by atoms with van der Waals surface area (Å²) in [5, 5.41) is -0.649. The van der Waals surface area contributed by atoms with Crippen LogP contribution >= 0.6 is 23.2 Å². The second kappa shape index (κ2) is 18.5. The number of alkyl halides is 12. The van der Waals surface area contributed by atoms with Crippen LogP contribution in [0, 0.1) is 6.92 Å². The second-order valence-corrected chi connectivity index (χ2v) is 16.4. The van der Waals surface area contributed by atoms with Gasteiger partial charge in [0.2, 0.25) is 0 Å². The van der Waals surface area contributed by atoms with Gasteiger partial charge in [0.05, 0.1) is 16.4 Å². The number of aryl methyl sites for hydroxylation is 1. The number of ether oxygens (including phenoxy) is 1. The fourth-order valence-electron chi connectivity index (χ4n) is 5.07. The van der Waals surface area contributed by atoms with Crippen molar-refractivity contribution in [3.63, 3.8) is 0 Å². The summed E-state index contributed by atoms with van der Waals surface area (Å²) >= 11 is 11.2. The first-order valence-electron chi connectivity index (χ1n) is 16.6. The Labute approximate surface area is 345 Å². The molecule has 0 unspecified atom stereocenters. The van der Waals surface area contributed by atoms with Crippen LogP contribution in [0.15, 0.2) is 107 Å². The molecule has 7 nitrogen and oxygen atoms in total. The molecule has 0 bridgehead atoms. The van der Waals surface area contributed by atoms with Gasteiger partial charge in [0.15, 0.2) is 0 Å². The van der Waals surface area contributed by atoms with Gasteiger partial charge in [-0.3, -0.25) is 0 Å². The number of benzene rings is 4. The molecule has 23 heteroatoms. The van der Waals surface area contributed by atoms with Gasteiger partial charge in [-0.1, -0.05) is 97.2 Å². The summed E-state index contributed by atoms with van der Waals surface area (Å²) in [6.45, 7) is 6.95. The molecule has 0 aliphatic heterocycles. The highest BCUT2D eigenvalue weighted by molar-refractivity contribution is 7.87. The van der Waals surface area contributed by atoms with Gasteiger partial charge >= 0.3 is 35.9 Å². The van der Waals surface area contributed by atoms with Crippen molar-refractivity contribution in [3.8, 4) is 5.75 Å². The molecule has 0 heterocycles. The second-order valence-electron chi connectivity index (χ2n) is 12.4. The summed E-state index contributed by atoms with van der Waals surface area (Å²) in [7, 11) is -11.1. The molecule has 0 amide bonds. The van der Waals surface area contributed by atoms with E-state index in [0.29, 0.717) is 55.0 Å². The summed E-state index contributed by atoms with van der Waals surface area (Å²) in [5.74, 6) is 0.203. The van der Waals surface area contributed by atoms with E-state index in [0.717, 1.165) is 61.0 Å². The minimum atomic E-state index is -6.17. The van der Waals surface area contributed by atoms with E-state index in [-0.39, 0.29) is 21.4 Å². The van der Waals surface area contributed by atoms with Gasteiger partial charge in [0, 0.05) is 21.2 Å². The van der Waals surface area contributed by atoms with E-state index in [2.05, 4.69) is 14.9 Å². The monoisotopic (exact) mass is 948 g/mol. The molecule has 330 valence electrons. The lowest BCUT2D eigenvalue weighted by Crippen LogP contribution is -2.56. The molecule has 0 fully saturated rings. The molecule has 0 spiro atoms. The Bertz CT molecular complexity index is 2280. The first kappa shape index (κ1) is 50.3. The van der Waals surface area contributed by atoms with Crippen molar-refractivity contribution in [2.45, 2.75) is 72.4 Å². The van der Waals surface area contributed by atoms with Gasteiger partial charge in [-0.25, -0.2) is 8.37 Å².